The molecule has 21 heavy (non-hydrogen) atoms. The van der Waals surface area contributed by atoms with E-state index in [9.17, 15) is 5.11 Å². The Bertz CT molecular complexity index is 679. The summed E-state index contributed by atoms with van der Waals surface area (Å²) in [5.74, 6) is 1.46. The third-order valence-corrected chi connectivity index (χ3v) is 4.60. The first kappa shape index (κ1) is 13.2. The largest absolute Gasteiger partial charge is 0.485 e. The van der Waals surface area contributed by atoms with Crippen LogP contribution in [0.3, 0.4) is 0 Å². The molecule has 1 fully saturated rings. The number of halogens is 1. The van der Waals surface area contributed by atoms with Gasteiger partial charge in [-0.15, -0.1) is 0 Å². The Morgan fingerprint density at radius 3 is 2.67 bits per heavy atom. The number of rotatable bonds is 2. The molecule has 1 unspecified atom stereocenters. The van der Waals surface area contributed by atoms with Gasteiger partial charge in [0, 0.05) is 17.0 Å². The average molecular weight is 301 g/mol. The van der Waals surface area contributed by atoms with E-state index in [4.69, 9.17) is 16.3 Å². The highest BCUT2D eigenvalue weighted by Crippen LogP contribution is 2.44. The molecule has 1 heterocycles. The van der Waals surface area contributed by atoms with Crippen molar-refractivity contribution < 1.29 is 9.84 Å². The van der Waals surface area contributed by atoms with Crippen LogP contribution in [0.5, 0.6) is 5.75 Å². The molecule has 0 spiro atoms. The highest BCUT2D eigenvalue weighted by Gasteiger charge is 2.29. The van der Waals surface area contributed by atoms with Crippen LogP contribution in [0.15, 0.2) is 42.5 Å². The second kappa shape index (κ2) is 5.04. The fourth-order valence-electron chi connectivity index (χ4n) is 3.05. The highest BCUT2D eigenvalue weighted by molar-refractivity contribution is 6.30. The lowest BCUT2D eigenvalue weighted by atomic mass is 9.94. The molecule has 0 saturated heterocycles. The minimum Gasteiger partial charge on any atom is -0.485 e. The fraction of sp³-hybridized carbons (Fsp3) is 0.333. The Kier molecular flexibility index (Phi) is 3.16. The summed E-state index contributed by atoms with van der Waals surface area (Å²) >= 11 is 5.99. The zero-order valence-electron chi connectivity index (χ0n) is 11.6. The molecule has 1 aliphatic heterocycles. The molecule has 2 aromatic rings. The van der Waals surface area contributed by atoms with Crippen LogP contribution in [0.25, 0.3) is 0 Å². The summed E-state index contributed by atoms with van der Waals surface area (Å²) in [6.07, 6.45) is 2.54. The Hall–Kier alpha value is -1.51. The van der Waals surface area contributed by atoms with Crippen molar-refractivity contribution in [2.24, 2.45) is 0 Å². The van der Waals surface area contributed by atoms with Crippen LogP contribution in [-0.4, -0.2) is 5.11 Å². The maximum Gasteiger partial charge on any atom is 0.127 e. The molecular weight excluding hydrogens is 284 g/mol. The van der Waals surface area contributed by atoms with Gasteiger partial charge < -0.3 is 9.84 Å². The molecule has 0 aromatic heterocycles. The number of aliphatic hydroxyl groups is 1. The zero-order chi connectivity index (χ0) is 14.4. The molecule has 1 saturated carbocycles. The number of aliphatic hydroxyl groups excluding tert-OH is 1. The predicted octanol–water partition coefficient (Wildman–Crippen LogP) is 4.77. The molecule has 3 heteroatoms. The molecular formula is C18H17ClO2. The monoisotopic (exact) mass is 300 g/mol. The maximum absolute atomic E-state index is 10.4. The Morgan fingerprint density at radius 1 is 1.05 bits per heavy atom. The van der Waals surface area contributed by atoms with E-state index in [0.29, 0.717) is 11.4 Å². The van der Waals surface area contributed by atoms with E-state index in [0.717, 1.165) is 22.8 Å². The van der Waals surface area contributed by atoms with Gasteiger partial charge >= 0.3 is 0 Å². The lowest BCUT2D eigenvalue weighted by molar-refractivity contribution is 0.0657. The van der Waals surface area contributed by atoms with Crippen LogP contribution < -0.4 is 4.74 Å². The second-order valence-electron chi connectivity index (χ2n) is 5.98. The number of ether oxygens (including phenoxy) is 1. The van der Waals surface area contributed by atoms with Gasteiger partial charge in [-0.25, -0.2) is 0 Å². The van der Waals surface area contributed by atoms with Crippen LogP contribution in [0, 0.1) is 0 Å². The van der Waals surface area contributed by atoms with Crippen LogP contribution in [-0.2, 0) is 0 Å². The third kappa shape index (κ3) is 2.54. The summed E-state index contributed by atoms with van der Waals surface area (Å²) < 4.78 is 6.08. The first-order chi connectivity index (χ1) is 10.2. The van der Waals surface area contributed by atoms with Crippen molar-refractivity contribution >= 4 is 11.6 Å². The summed E-state index contributed by atoms with van der Waals surface area (Å²) in [4.78, 5) is 0. The number of hydrogen-bond donors (Lipinski definition) is 1. The van der Waals surface area contributed by atoms with E-state index in [1.54, 1.807) is 12.1 Å². The molecule has 0 radical (unpaired) electrons. The van der Waals surface area contributed by atoms with Crippen LogP contribution >= 0.6 is 11.6 Å². The van der Waals surface area contributed by atoms with Crippen molar-refractivity contribution in [2.75, 3.05) is 0 Å². The van der Waals surface area contributed by atoms with E-state index in [1.807, 2.05) is 6.07 Å². The average Bonchev–Trinajstić information content (AvgIpc) is 3.33. The fourth-order valence-corrected chi connectivity index (χ4v) is 3.23. The van der Waals surface area contributed by atoms with Crippen LogP contribution in [0.1, 0.15) is 54.1 Å². The van der Waals surface area contributed by atoms with Crippen molar-refractivity contribution in [2.45, 2.75) is 37.4 Å². The molecule has 1 aliphatic carbocycles. The van der Waals surface area contributed by atoms with Crippen LogP contribution in [0.4, 0.5) is 0 Å². The molecule has 1 N–H and O–H groups in total. The SMILES string of the molecule is O[C@@H]1CC(c2cccc(C3CC3)c2)Oc2ccc(Cl)cc21. The molecule has 2 nitrogen and oxygen atoms in total. The van der Waals surface area contributed by atoms with E-state index in [-0.39, 0.29) is 6.10 Å². The summed E-state index contributed by atoms with van der Waals surface area (Å²) in [6.45, 7) is 0. The zero-order valence-corrected chi connectivity index (χ0v) is 12.4. The molecule has 2 atom stereocenters. The predicted molar refractivity (Wildman–Crippen MR) is 82.8 cm³/mol. The van der Waals surface area contributed by atoms with Crippen molar-refractivity contribution in [3.63, 3.8) is 0 Å². The third-order valence-electron chi connectivity index (χ3n) is 4.37. The van der Waals surface area contributed by atoms with Gasteiger partial charge in [0.1, 0.15) is 11.9 Å². The van der Waals surface area contributed by atoms with Gasteiger partial charge in [-0.3, -0.25) is 0 Å². The maximum atomic E-state index is 10.4. The molecule has 2 aliphatic rings. The van der Waals surface area contributed by atoms with E-state index >= 15 is 0 Å². The van der Waals surface area contributed by atoms with E-state index < -0.39 is 6.10 Å². The first-order valence-corrected chi connectivity index (χ1v) is 7.82. The number of hydrogen-bond acceptors (Lipinski definition) is 2. The summed E-state index contributed by atoms with van der Waals surface area (Å²) in [6, 6.07) is 14.0. The van der Waals surface area contributed by atoms with Gasteiger partial charge in [0.25, 0.3) is 0 Å². The topological polar surface area (TPSA) is 29.5 Å². The number of fused-ring (bicyclic) bond motifs is 1. The summed E-state index contributed by atoms with van der Waals surface area (Å²) in [7, 11) is 0. The van der Waals surface area contributed by atoms with Crippen molar-refractivity contribution in [1.29, 1.82) is 0 Å². The normalized spacial score (nSPS) is 24.3. The molecule has 0 amide bonds. The molecule has 2 aromatic carbocycles. The van der Waals surface area contributed by atoms with Gasteiger partial charge in [0.05, 0.1) is 6.10 Å². The van der Waals surface area contributed by atoms with Gasteiger partial charge in [-0.2, -0.15) is 0 Å². The quantitative estimate of drug-likeness (QED) is 0.865. The minimum absolute atomic E-state index is 0.0904. The van der Waals surface area contributed by atoms with Gasteiger partial charge in [0.15, 0.2) is 0 Å². The van der Waals surface area contributed by atoms with Gasteiger partial charge in [-0.1, -0.05) is 35.9 Å². The second-order valence-corrected chi connectivity index (χ2v) is 6.42. The molecule has 108 valence electrons. The minimum atomic E-state index is -0.526. The Morgan fingerprint density at radius 2 is 1.86 bits per heavy atom. The Labute approximate surface area is 129 Å². The molecule has 0 bridgehead atoms. The van der Waals surface area contributed by atoms with Gasteiger partial charge in [-0.05, 0) is 48.1 Å². The van der Waals surface area contributed by atoms with Crippen molar-refractivity contribution in [3.05, 3.63) is 64.2 Å². The van der Waals surface area contributed by atoms with E-state index in [2.05, 4.69) is 24.3 Å². The van der Waals surface area contributed by atoms with Crippen molar-refractivity contribution in [1.82, 2.24) is 0 Å². The van der Waals surface area contributed by atoms with Crippen molar-refractivity contribution in [3.8, 4) is 5.75 Å². The van der Waals surface area contributed by atoms with Crippen LogP contribution in [0.2, 0.25) is 5.02 Å². The smallest absolute Gasteiger partial charge is 0.127 e. The standard InChI is InChI=1S/C18H17ClO2/c19-14-6-7-17-15(9-14)16(20)10-18(21-17)13-3-1-2-12(8-13)11-4-5-11/h1-3,6-9,11,16,18,20H,4-5,10H2/t16-,18?/m1/s1. The Balaban J connectivity index is 1.65. The van der Waals surface area contributed by atoms with Gasteiger partial charge in [0.2, 0.25) is 0 Å². The summed E-state index contributed by atoms with van der Waals surface area (Å²) in [5.41, 5.74) is 3.34. The lowest BCUT2D eigenvalue weighted by Crippen LogP contribution is -2.19. The first-order valence-electron chi connectivity index (χ1n) is 7.45. The molecule has 4 rings (SSSR count). The number of benzene rings is 2. The van der Waals surface area contributed by atoms with E-state index in [1.165, 1.54) is 18.4 Å². The highest BCUT2D eigenvalue weighted by atomic mass is 35.5. The lowest BCUT2D eigenvalue weighted by Gasteiger charge is -2.30. The summed E-state index contributed by atoms with van der Waals surface area (Å²) in [5, 5.41) is 11.0.